The molecule has 21 heavy (non-hydrogen) atoms. The number of benzene rings is 1. The Morgan fingerprint density at radius 1 is 1.14 bits per heavy atom. The summed E-state index contributed by atoms with van der Waals surface area (Å²) in [6, 6.07) is 6.40. The summed E-state index contributed by atoms with van der Waals surface area (Å²) in [5.74, 6) is 0.234. The first kappa shape index (κ1) is 16.3. The fourth-order valence-electron chi connectivity index (χ4n) is 2.64. The smallest absolute Gasteiger partial charge is 0.198 e. The molecule has 3 heteroatoms. The van der Waals surface area contributed by atoms with Crippen LogP contribution in [0.3, 0.4) is 0 Å². The minimum absolute atomic E-state index is 0.0889. The highest BCUT2D eigenvalue weighted by atomic mass is 16.7. The van der Waals surface area contributed by atoms with Crippen LogP contribution in [0.4, 0.5) is 0 Å². The zero-order valence-corrected chi connectivity index (χ0v) is 14.0. The molecule has 118 valence electrons. The van der Waals surface area contributed by atoms with Crippen molar-refractivity contribution in [2.45, 2.75) is 58.7 Å². The number of hydrogen-bond donors (Lipinski definition) is 0. The number of hydrogen-bond acceptors (Lipinski definition) is 3. The van der Waals surface area contributed by atoms with Crippen LogP contribution in [0, 0.1) is 0 Å². The van der Waals surface area contributed by atoms with Crippen molar-refractivity contribution in [1.29, 1.82) is 0 Å². The molecule has 3 nitrogen and oxygen atoms in total. The average molecular weight is 292 g/mol. The highest BCUT2D eigenvalue weighted by molar-refractivity contribution is 5.42. The molecule has 0 saturated carbocycles. The van der Waals surface area contributed by atoms with Gasteiger partial charge in [0.15, 0.2) is 5.79 Å². The van der Waals surface area contributed by atoms with Crippen LogP contribution in [0.2, 0.25) is 0 Å². The first-order chi connectivity index (χ1) is 9.93. The average Bonchev–Trinajstić information content (AvgIpc) is 2.94. The van der Waals surface area contributed by atoms with Crippen molar-refractivity contribution in [2.75, 3.05) is 19.8 Å². The van der Waals surface area contributed by atoms with Gasteiger partial charge in [-0.25, -0.2) is 0 Å². The Balaban J connectivity index is 2.47. The molecule has 0 unspecified atom stereocenters. The van der Waals surface area contributed by atoms with Gasteiger partial charge < -0.3 is 14.2 Å². The number of rotatable bonds is 5. The van der Waals surface area contributed by atoms with Gasteiger partial charge >= 0.3 is 0 Å². The predicted molar refractivity (Wildman–Crippen MR) is 84.8 cm³/mol. The molecular formula is C18H28O3. The SMILES string of the molecule is CCCOc1ccc(C(C)(C)C)cc1C1(CC)OCCO1. The summed E-state index contributed by atoms with van der Waals surface area (Å²) in [5, 5.41) is 0. The maximum Gasteiger partial charge on any atom is 0.198 e. The molecule has 1 fully saturated rings. The van der Waals surface area contributed by atoms with E-state index in [-0.39, 0.29) is 5.41 Å². The van der Waals surface area contributed by atoms with Crippen LogP contribution < -0.4 is 4.74 Å². The molecule has 1 aliphatic heterocycles. The molecule has 1 heterocycles. The Morgan fingerprint density at radius 2 is 1.81 bits per heavy atom. The molecule has 0 spiro atoms. The molecule has 0 amide bonds. The maximum absolute atomic E-state index is 5.96. The van der Waals surface area contributed by atoms with Gasteiger partial charge in [0.25, 0.3) is 0 Å². The first-order valence-corrected chi connectivity index (χ1v) is 7.98. The van der Waals surface area contributed by atoms with Crippen molar-refractivity contribution in [3.05, 3.63) is 29.3 Å². The zero-order valence-electron chi connectivity index (χ0n) is 14.0. The third kappa shape index (κ3) is 3.41. The monoisotopic (exact) mass is 292 g/mol. The van der Waals surface area contributed by atoms with E-state index in [9.17, 15) is 0 Å². The molecule has 0 atom stereocenters. The van der Waals surface area contributed by atoms with E-state index in [1.807, 2.05) is 0 Å². The summed E-state index contributed by atoms with van der Waals surface area (Å²) in [4.78, 5) is 0. The van der Waals surface area contributed by atoms with E-state index in [0.29, 0.717) is 19.8 Å². The first-order valence-electron chi connectivity index (χ1n) is 7.98. The molecule has 0 aliphatic carbocycles. The van der Waals surface area contributed by atoms with Crippen molar-refractivity contribution >= 4 is 0 Å². The van der Waals surface area contributed by atoms with E-state index < -0.39 is 5.79 Å². The van der Waals surface area contributed by atoms with Gasteiger partial charge in [-0.1, -0.05) is 40.7 Å². The van der Waals surface area contributed by atoms with Crippen molar-refractivity contribution in [1.82, 2.24) is 0 Å². The van der Waals surface area contributed by atoms with Crippen molar-refractivity contribution in [3.8, 4) is 5.75 Å². The Kier molecular flexibility index (Phi) is 4.95. The lowest BCUT2D eigenvalue weighted by molar-refractivity contribution is -0.168. The Labute approximate surface area is 128 Å². The van der Waals surface area contributed by atoms with Crippen LogP contribution in [0.5, 0.6) is 5.75 Å². The van der Waals surface area contributed by atoms with Gasteiger partial charge in [0, 0.05) is 6.42 Å². The molecule has 2 rings (SSSR count). The van der Waals surface area contributed by atoms with Gasteiger partial charge in [-0.15, -0.1) is 0 Å². The standard InChI is InChI=1S/C18H28O3/c1-6-10-19-16-9-8-14(17(3,4)5)13-15(16)18(7-2)20-11-12-21-18/h8-9,13H,6-7,10-12H2,1-5H3. The van der Waals surface area contributed by atoms with Gasteiger partial charge in [-0.3, -0.25) is 0 Å². The van der Waals surface area contributed by atoms with E-state index in [1.54, 1.807) is 0 Å². The molecule has 1 saturated heterocycles. The van der Waals surface area contributed by atoms with Crippen LogP contribution in [0.1, 0.15) is 58.6 Å². The second kappa shape index (κ2) is 6.37. The lowest BCUT2D eigenvalue weighted by atomic mass is 9.84. The fourth-order valence-corrected chi connectivity index (χ4v) is 2.64. The van der Waals surface area contributed by atoms with Crippen LogP contribution in [-0.2, 0) is 20.7 Å². The minimum Gasteiger partial charge on any atom is -0.493 e. The van der Waals surface area contributed by atoms with E-state index in [2.05, 4.69) is 52.8 Å². The van der Waals surface area contributed by atoms with Crippen LogP contribution in [0.15, 0.2) is 18.2 Å². The van der Waals surface area contributed by atoms with Crippen molar-refractivity contribution in [3.63, 3.8) is 0 Å². The molecular weight excluding hydrogens is 264 g/mol. The Bertz CT molecular complexity index is 468. The summed E-state index contributed by atoms with van der Waals surface area (Å²) in [6.45, 7) is 12.8. The van der Waals surface area contributed by atoms with E-state index >= 15 is 0 Å². The van der Waals surface area contributed by atoms with Crippen LogP contribution >= 0.6 is 0 Å². The van der Waals surface area contributed by atoms with Gasteiger partial charge in [0.2, 0.25) is 0 Å². The Hall–Kier alpha value is -1.06. The van der Waals surface area contributed by atoms with Gasteiger partial charge in [-0.05, 0) is 29.5 Å². The summed E-state index contributed by atoms with van der Waals surface area (Å²) in [5.41, 5.74) is 2.39. The van der Waals surface area contributed by atoms with Gasteiger partial charge in [0.05, 0.1) is 25.4 Å². The highest BCUT2D eigenvalue weighted by Gasteiger charge is 2.39. The van der Waals surface area contributed by atoms with Gasteiger partial charge in [-0.2, -0.15) is 0 Å². The van der Waals surface area contributed by atoms with E-state index in [1.165, 1.54) is 5.56 Å². The Morgan fingerprint density at radius 3 is 2.33 bits per heavy atom. The third-order valence-electron chi connectivity index (χ3n) is 3.94. The molecule has 0 radical (unpaired) electrons. The highest BCUT2D eigenvalue weighted by Crippen LogP contribution is 2.41. The van der Waals surface area contributed by atoms with Crippen LogP contribution in [-0.4, -0.2) is 19.8 Å². The molecule has 1 aromatic carbocycles. The summed E-state index contributed by atoms with van der Waals surface area (Å²) in [6.07, 6.45) is 1.77. The summed E-state index contributed by atoms with van der Waals surface area (Å²) < 4.78 is 17.9. The maximum atomic E-state index is 5.96. The molecule has 1 aliphatic rings. The minimum atomic E-state index is -0.648. The second-order valence-corrected chi connectivity index (χ2v) is 6.61. The van der Waals surface area contributed by atoms with E-state index in [0.717, 1.165) is 24.2 Å². The molecule has 1 aromatic rings. The molecule has 0 N–H and O–H groups in total. The predicted octanol–water partition coefficient (Wildman–Crippen LogP) is 4.38. The normalized spacial score (nSPS) is 18.0. The van der Waals surface area contributed by atoms with E-state index in [4.69, 9.17) is 14.2 Å². The largest absolute Gasteiger partial charge is 0.493 e. The fraction of sp³-hybridized carbons (Fsp3) is 0.667. The van der Waals surface area contributed by atoms with Crippen LogP contribution in [0.25, 0.3) is 0 Å². The van der Waals surface area contributed by atoms with Crippen molar-refractivity contribution < 1.29 is 14.2 Å². The topological polar surface area (TPSA) is 27.7 Å². The lowest BCUT2D eigenvalue weighted by Crippen LogP contribution is -2.28. The second-order valence-electron chi connectivity index (χ2n) is 6.61. The lowest BCUT2D eigenvalue weighted by Gasteiger charge is -2.30. The number of ether oxygens (including phenoxy) is 3. The quantitative estimate of drug-likeness (QED) is 0.806. The molecule has 0 bridgehead atoms. The zero-order chi connectivity index (χ0) is 15.5. The third-order valence-corrected chi connectivity index (χ3v) is 3.94. The van der Waals surface area contributed by atoms with Crippen molar-refractivity contribution in [2.24, 2.45) is 0 Å². The summed E-state index contributed by atoms with van der Waals surface area (Å²) in [7, 11) is 0. The summed E-state index contributed by atoms with van der Waals surface area (Å²) >= 11 is 0. The van der Waals surface area contributed by atoms with Gasteiger partial charge in [0.1, 0.15) is 5.75 Å². The molecule has 0 aromatic heterocycles.